The molecule has 0 unspecified atom stereocenters. The Labute approximate surface area is 112 Å². The number of pyridine rings is 1. The van der Waals surface area contributed by atoms with Crippen LogP contribution in [0, 0.1) is 6.92 Å². The van der Waals surface area contributed by atoms with Crippen molar-refractivity contribution >= 4 is 5.69 Å². The van der Waals surface area contributed by atoms with Crippen molar-refractivity contribution in [1.29, 1.82) is 0 Å². The fraction of sp³-hybridized carbons (Fsp3) is 0.429. The van der Waals surface area contributed by atoms with E-state index in [-0.39, 0.29) is 0 Å². The van der Waals surface area contributed by atoms with Crippen LogP contribution in [-0.2, 0) is 31.4 Å². The number of fused-ring (bicyclic) bond motifs is 1. The van der Waals surface area contributed by atoms with Crippen molar-refractivity contribution in [2.24, 2.45) is 7.05 Å². The maximum absolute atomic E-state index is 5.46. The van der Waals surface area contributed by atoms with E-state index < -0.39 is 0 Å². The average molecular weight is 258 g/mol. The van der Waals surface area contributed by atoms with Crippen LogP contribution in [0.25, 0.3) is 0 Å². The first-order valence-corrected chi connectivity index (χ1v) is 6.51. The van der Waals surface area contributed by atoms with Crippen LogP contribution in [0.1, 0.15) is 22.5 Å². The molecule has 19 heavy (non-hydrogen) atoms. The smallest absolute Gasteiger partial charge is 0.0735 e. The molecule has 1 aliphatic heterocycles. The van der Waals surface area contributed by atoms with E-state index in [2.05, 4.69) is 28.4 Å². The average Bonchev–Trinajstić information content (AvgIpc) is 2.76. The van der Waals surface area contributed by atoms with Crippen LogP contribution in [0.2, 0.25) is 0 Å². The minimum absolute atomic E-state index is 0.669. The van der Waals surface area contributed by atoms with E-state index in [1.165, 1.54) is 16.8 Å². The highest BCUT2D eigenvalue weighted by Crippen LogP contribution is 2.19. The van der Waals surface area contributed by atoms with Crippen molar-refractivity contribution < 1.29 is 4.74 Å². The lowest BCUT2D eigenvalue weighted by atomic mass is 10.1. The van der Waals surface area contributed by atoms with Gasteiger partial charge in [0.2, 0.25) is 0 Å². The van der Waals surface area contributed by atoms with Crippen molar-refractivity contribution in [3.05, 3.63) is 41.0 Å². The van der Waals surface area contributed by atoms with Gasteiger partial charge in [-0.25, -0.2) is 0 Å². The molecule has 100 valence electrons. The number of nitrogens with one attached hydrogen (secondary N) is 1. The molecule has 0 fully saturated rings. The standard InChI is InChI=1S/C14H18N4O/c1-10-6-17-18(2)14(10)8-15-12-5-11-9-19-4-3-13(11)16-7-12/h5-7,15H,3-4,8-9H2,1-2H3. The van der Waals surface area contributed by atoms with Crippen LogP contribution in [0.5, 0.6) is 0 Å². The topological polar surface area (TPSA) is 52.0 Å². The van der Waals surface area contributed by atoms with Crippen LogP contribution in [0.15, 0.2) is 18.5 Å². The van der Waals surface area contributed by atoms with Gasteiger partial charge in [0, 0.05) is 24.7 Å². The van der Waals surface area contributed by atoms with E-state index in [1.807, 2.05) is 24.1 Å². The molecule has 0 saturated heterocycles. The van der Waals surface area contributed by atoms with E-state index in [0.717, 1.165) is 31.0 Å². The summed E-state index contributed by atoms with van der Waals surface area (Å²) < 4.78 is 7.36. The lowest BCUT2D eigenvalue weighted by molar-refractivity contribution is 0.109. The number of aromatic nitrogens is 3. The van der Waals surface area contributed by atoms with Gasteiger partial charge in [0.25, 0.3) is 0 Å². The Morgan fingerprint density at radius 1 is 1.42 bits per heavy atom. The number of aryl methyl sites for hydroxylation is 2. The summed E-state index contributed by atoms with van der Waals surface area (Å²) in [5, 5.41) is 7.64. The minimum Gasteiger partial charge on any atom is -0.378 e. The first kappa shape index (κ1) is 12.2. The molecule has 3 rings (SSSR count). The molecule has 0 aliphatic carbocycles. The summed E-state index contributed by atoms with van der Waals surface area (Å²) >= 11 is 0. The molecule has 0 radical (unpaired) electrons. The maximum atomic E-state index is 5.46. The van der Waals surface area contributed by atoms with E-state index in [1.54, 1.807) is 0 Å². The van der Waals surface area contributed by atoms with Crippen LogP contribution in [0.4, 0.5) is 5.69 Å². The molecular formula is C14H18N4O. The molecule has 2 aromatic heterocycles. The highest BCUT2D eigenvalue weighted by atomic mass is 16.5. The Morgan fingerprint density at radius 3 is 3.11 bits per heavy atom. The molecule has 0 saturated carbocycles. The molecule has 1 aliphatic rings. The van der Waals surface area contributed by atoms with Crippen LogP contribution in [0.3, 0.4) is 0 Å². The highest BCUT2D eigenvalue weighted by Gasteiger charge is 2.11. The fourth-order valence-electron chi connectivity index (χ4n) is 2.35. The SMILES string of the molecule is Cc1cnn(C)c1CNc1cnc2c(c1)COCC2. The fourth-order valence-corrected chi connectivity index (χ4v) is 2.35. The van der Waals surface area contributed by atoms with Gasteiger partial charge in [-0.2, -0.15) is 5.10 Å². The van der Waals surface area contributed by atoms with Crippen LogP contribution < -0.4 is 5.32 Å². The summed E-state index contributed by atoms with van der Waals surface area (Å²) in [7, 11) is 1.96. The third-order valence-electron chi connectivity index (χ3n) is 3.53. The van der Waals surface area contributed by atoms with Gasteiger partial charge in [-0.15, -0.1) is 0 Å². The summed E-state index contributed by atoms with van der Waals surface area (Å²) in [4.78, 5) is 4.50. The number of ether oxygens (including phenoxy) is 1. The van der Waals surface area contributed by atoms with Gasteiger partial charge in [0.05, 0.1) is 43.5 Å². The van der Waals surface area contributed by atoms with Crippen LogP contribution in [-0.4, -0.2) is 21.4 Å². The first-order valence-electron chi connectivity index (χ1n) is 6.51. The lowest BCUT2D eigenvalue weighted by Crippen LogP contribution is -2.13. The van der Waals surface area contributed by atoms with Gasteiger partial charge < -0.3 is 10.1 Å². The molecule has 0 spiro atoms. The highest BCUT2D eigenvalue weighted by molar-refractivity contribution is 5.45. The second-order valence-electron chi connectivity index (χ2n) is 4.88. The molecule has 0 atom stereocenters. The zero-order valence-corrected chi connectivity index (χ0v) is 11.3. The molecule has 3 heterocycles. The maximum Gasteiger partial charge on any atom is 0.0735 e. The van der Waals surface area contributed by atoms with Gasteiger partial charge in [-0.3, -0.25) is 9.67 Å². The molecule has 5 nitrogen and oxygen atoms in total. The van der Waals surface area contributed by atoms with Crippen molar-refractivity contribution in [2.45, 2.75) is 26.5 Å². The largest absolute Gasteiger partial charge is 0.378 e. The second-order valence-corrected chi connectivity index (χ2v) is 4.88. The molecule has 0 aromatic carbocycles. The summed E-state index contributed by atoms with van der Waals surface area (Å²) in [6.45, 7) is 4.27. The quantitative estimate of drug-likeness (QED) is 0.912. The normalized spacial score (nSPS) is 14.2. The van der Waals surface area contributed by atoms with Gasteiger partial charge in [0.15, 0.2) is 0 Å². The number of hydrogen-bond acceptors (Lipinski definition) is 4. The van der Waals surface area contributed by atoms with Gasteiger partial charge in [-0.1, -0.05) is 0 Å². The third-order valence-corrected chi connectivity index (χ3v) is 3.53. The van der Waals surface area contributed by atoms with Crippen molar-refractivity contribution in [2.75, 3.05) is 11.9 Å². The first-order chi connectivity index (χ1) is 9.24. The molecule has 0 amide bonds. The van der Waals surface area contributed by atoms with E-state index in [4.69, 9.17) is 4.74 Å². The lowest BCUT2D eigenvalue weighted by Gasteiger charge is -2.16. The van der Waals surface area contributed by atoms with Gasteiger partial charge >= 0.3 is 0 Å². The number of nitrogens with zero attached hydrogens (tertiary/aromatic N) is 3. The Hall–Kier alpha value is -1.88. The second kappa shape index (κ2) is 5.01. The molecule has 5 heteroatoms. The summed E-state index contributed by atoms with van der Waals surface area (Å²) in [5.74, 6) is 0. The van der Waals surface area contributed by atoms with Crippen molar-refractivity contribution in [3.8, 4) is 0 Å². The Bertz CT molecular complexity index is 572. The third kappa shape index (κ3) is 2.46. The number of hydrogen-bond donors (Lipinski definition) is 1. The van der Waals surface area contributed by atoms with Crippen molar-refractivity contribution in [3.63, 3.8) is 0 Å². The zero-order valence-electron chi connectivity index (χ0n) is 11.3. The van der Waals surface area contributed by atoms with Gasteiger partial charge in [0.1, 0.15) is 0 Å². The van der Waals surface area contributed by atoms with Crippen LogP contribution >= 0.6 is 0 Å². The molecule has 0 bridgehead atoms. The van der Waals surface area contributed by atoms with Gasteiger partial charge in [-0.05, 0) is 18.6 Å². The Balaban J connectivity index is 1.74. The molecule has 1 N–H and O–H groups in total. The Kier molecular flexibility index (Phi) is 3.21. The predicted molar refractivity (Wildman–Crippen MR) is 72.9 cm³/mol. The zero-order chi connectivity index (χ0) is 13.2. The van der Waals surface area contributed by atoms with E-state index in [9.17, 15) is 0 Å². The molecule has 2 aromatic rings. The van der Waals surface area contributed by atoms with Crippen molar-refractivity contribution in [1.82, 2.24) is 14.8 Å². The number of rotatable bonds is 3. The predicted octanol–water partition coefficient (Wildman–Crippen LogP) is 1.81. The van der Waals surface area contributed by atoms with E-state index >= 15 is 0 Å². The summed E-state index contributed by atoms with van der Waals surface area (Å²) in [6, 6.07) is 2.13. The summed E-state index contributed by atoms with van der Waals surface area (Å²) in [6.07, 6.45) is 4.70. The Morgan fingerprint density at radius 2 is 2.32 bits per heavy atom. The van der Waals surface area contributed by atoms with E-state index in [0.29, 0.717) is 6.61 Å². The monoisotopic (exact) mass is 258 g/mol. The molecular weight excluding hydrogens is 240 g/mol. The number of anilines is 1. The summed E-state index contributed by atoms with van der Waals surface area (Å²) in [5.41, 5.74) is 5.77. The minimum atomic E-state index is 0.669.